The molecule has 1 amide bonds. The second-order valence-electron chi connectivity index (χ2n) is 4.87. The van der Waals surface area contributed by atoms with Crippen molar-refractivity contribution in [3.63, 3.8) is 0 Å². The highest BCUT2D eigenvalue weighted by Gasteiger charge is 2.16. The zero-order chi connectivity index (χ0) is 16.4. The Bertz CT molecular complexity index is 865. The quantitative estimate of drug-likeness (QED) is 0.620. The van der Waals surface area contributed by atoms with Crippen LogP contribution in [0.5, 0.6) is 0 Å². The van der Waals surface area contributed by atoms with Crippen molar-refractivity contribution in [1.29, 1.82) is 0 Å². The van der Waals surface area contributed by atoms with E-state index in [0.717, 1.165) is 13.5 Å². The molecule has 3 aromatic heterocycles. The van der Waals surface area contributed by atoms with Crippen LogP contribution in [0.1, 0.15) is 4.88 Å². The van der Waals surface area contributed by atoms with Crippen molar-refractivity contribution in [3.05, 3.63) is 43.1 Å². The maximum Gasteiger partial charge on any atom is 0.242 e. The van der Waals surface area contributed by atoms with Gasteiger partial charge in [-0.1, -0.05) is 6.07 Å². The van der Waals surface area contributed by atoms with Crippen molar-refractivity contribution in [2.75, 3.05) is 7.05 Å². The number of hydrogen-bond acceptors (Lipinski definition) is 5. The normalized spacial score (nSPS) is 10.9. The number of nitrogens with one attached hydrogen (secondary N) is 1. The fourth-order valence-electron chi connectivity index (χ4n) is 2.07. The average molecular weight is 429 g/mol. The minimum atomic E-state index is -0.00942. The van der Waals surface area contributed by atoms with Crippen molar-refractivity contribution in [2.45, 2.75) is 13.1 Å². The first-order valence-electron chi connectivity index (χ1n) is 6.72. The number of halogens is 1. The third-order valence-electron chi connectivity index (χ3n) is 3.24. The fraction of sp³-hybridized carbons (Fsp3) is 0.214. The molecule has 0 saturated heterocycles. The van der Waals surface area contributed by atoms with E-state index >= 15 is 0 Å². The number of amides is 1. The number of carbonyl (C=O) groups excluding carboxylic acids is 1. The van der Waals surface area contributed by atoms with Crippen LogP contribution in [0.4, 0.5) is 0 Å². The Morgan fingerprint density at radius 3 is 2.96 bits per heavy atom. The van der Waals surface area contributed by atoms with Crippen molar-refractivity contribution in [3.8, 4) is 10.7 Å². The predicted molar refractivity (Wildman–Crippen MR) is 99.2 cm³/mol. The fourth-order valence-corrected chi connectivity index (χ4v) is 4.53. The topological polar surface area (TPSA) is 53.9 Å². The summed E-state index contributed by atoms with van der Waals surface area (Å²) >= 11 is 11.9. The Labute approximate surface area is 154 Å². The number of H-pyrrole nitrogens is 1. The standard InChI is InChI=1S/C14H13BrN4OS3/c1-18(7-9-4-5-11(15)23-9)12(20)8-19-13(16-17-14(19)21)10-3-2-6-22-10/h2-6H,7-8H2,1H3,(H,17,21). The lowest BCUT2D eigenvalue weighted by Crippen LogP contribution is -2.29. The highest BCUT2D eigenvalue weighted by Crippen LogP contribution is 2.24. The van der Waals surface area contributed by atoms with Crippen LogP contribution in [0.2, 0.25) is 0 Å². The first-order chi connectivity index (χ1) is 11.0. The van der Waals surface area contributed by atoms with Crippen LogP contribution in [-0.2, 0) is 17.9 Å². The molecule has 120 valence electrons. The summed E-state index contributed by atoms with van der Waals surface area (Å²) in [5.74, 6) is 0.690. The Balaban J connectivity index is 1.75. The van der Waals surface area contributed by atoms with Crippen LogP contribution in [0.3, 0.4) is 0 Å². The monoisotopic (exact) mass is 428 g/mol. The van der Waals surface area contributed by atoms with Gasteiger partial charge in [0, 0.05) is 11.9 Å². The lowest BCUT2D eigenvalue weighted by atomic mass is 10.4. The van der Waals surface area contributed by atoms with E-state index in [0.29, 0.717) is 17.1 Å². The summed E-state index contributed by atoms with van der Waals surface area (Å²) in [6.07, 6.45) is 0. The smallest absolute Gasteiger partial charge is 0.242 e. The number of aromatic amines is 1. The number of thiophene rings is 2. The zero-order valence-corrected chi connectivity index (χ0v) is 16.2. The number of nitrogens with zero attached hydrogens (tertiary/aromatic N) is 3. The molecule has 9 heteroatoms. The van der Waals surface area contributed by atoms with Gasteiger partial charge in [0.2, 0.25) is 5.91 Å². The van der Waals surface area contributed by atoms with Gasteiger partial charge in [0.15, 0.2) is 10.6 Å². The van der Waals surface area contributed by atoms with Crippen LogP contribution in [0, 0.1) is 4.77 Å². The maximum atomic E-state index is 12.5. The van der Waals surface area contributed by atoms with Crippen molar-refractivity contribution in [1.82, 2.24) is 19.7 Å². The molecule has 3 aromatic rings. The van der Waals surface area contributed by atoms with Crippen molar-refractivity contribution >= 4 is 56.7 Å². The Kier molecular flexibility index (Phi) is 5.10. The largest absolute Gasteiger partial charge is 0.339 e. The van der Waals surface area contributed by atoms with Crippen LogP contribution >= 0.6 is 50.8 Å². The van der Waals surface area contributed by atoms with Gasteiger partial charge in [0.05, 0.1) is 15.2 Å². The van der Waals surface area contributed by atoms with E-state index in [1.54, 1.807) is 39.2 Å². The molecule has 0 aliphatic rings. The third kappa shape index (κ3) is 3.79. The van der Waals surface area contributed by atoms with Crippen molar-refractivity contribution < 1.29 is 4.79 Å². The van der Waals surface area contributed by atoms with Gasteiger partial charge >= 0.3 is 0 Å². The molecule has 0 aliphatic heterocycles. The highest BCUT2D eigenvalue weighted by atomic mass is 79.9. The van der Waals surface area contributed by atoms with Crippen LogP contribution in [0.15, 0.2) is 33.4 Å². The van der Waals surface area contributed by atoms with Gasteiger partial charge in [-0.15, -0.1) is 22.7 Å². The second-order valence-corrected chi connectivity index (χ2v) is 8.75. The highest BCUT2D eigenvalue weighted by molar-refractivity contribution is 9.11. The molecule has 0 fully saturated rings. The van der Waals surface area contributed by atoms with Gasteiger partial charge < -0.3 is 4.90 Å². The molecule has 3 heterocycles. The van der Waals surface area contributed by atoms with E-state index in [1.807, 2.05) is 29.6 Å². The van der Waals surface area contributed by atoms with Gasteiger partial charge in [-0.3, -0.25) is 14.5 Å². The molecule has 0 spiro atoms. The van der Waals surface area contributed by atoms with Crippen LogP contribution in [-0.4, -0.2) is 32.6 Å². The number of likely N-dealkylation sites (N-methyl/N-ethyl adjacent to an activating group) is 1. The first-order valence-corrected chi connectivity index (χ1v) is 9.61. The number of carbonyl (C=O) groups is 1. The maximum absolute atomic E-state index is 12.5. The molecule has 3 rings (SSSR count). The van der Waals surface area contributed by atoms with Crippen LogP contribution in [0.25, 0.3) is 10.7 Å². The molecule has 0 unspecified atom stereocenters. The van der Waals surface area contributed by atoms with Gasteiger partial charge in [-0.25, -0.2) is 0 Å². The lowest BCUT2D eigenvalue weighted by molar-refractivity contribution is -0.131. The first kappa shape index (κ1) is 16.6. The number of rotatable bonds is 5. The summed E-state index contributed by atoms with van der Waals surface area (Å²) in [4.78, 5) is 16.3. The molecule has 0 aliphatic carbocycles. The summed E-state index contributed by atoms with van der Waals surface area (Å²) in [6.45, 7) is 0.750. The van der Waals surface area contributed by atoms with Gasteiger partial charge in [0.25, 0.3) is 0 Å². The Morgan fingerprint density at radius 2 is 2.30 bits per heavy atom. The minimum absolute atomic E-state index is 0.00942. The summed E-state index contributed by atoms with van der Waals surface area (Å²) < 4.78 is 3.25. The summed E-state index contributed by atoms with van der Waals surface area (Å²) in [5, 5.41) is 8.98. The summed E-state index contributed by atoms with van der Waals surface area (Å²) in [7, 11) is 1.80. The number of hydrogen-bond donors (Lipinski definition) is 1. The Morgan fingerprint density at radius 1 is 1.48 bits per heavy atom. The van der Waals surface area contributed by atoms with E-state index < -0.39 is 0 Å². The molecule has 0 atom stereocenters. The van der Waals surface area contributed by atoms with E-state index in [2.05, 4.69) is 26.1 Å². The van der Waals surface area contributed by atoms with Crippen molar-refractivity contribution in [2.24, 2.45) is 0 Å². The average Bonchev–Trinajstić information content (AvgIpc) is 3.23. The van der Waals surface area contributed by atoms with Gasteiger partial charge in [-0.2, -0.15) is 5.10 Å². The summed E-state index contributed by atoms with van der Waals surface area (Å²) in [6, 6.07) is 7.91. The molecule has 0 saturated carbocycles. The predicted octanol–water partition coefficient (Wildman–Crippen LogP) is 4.15. The molecule has 0 radical (unpaired) electrons. The Hall–Kier alpha value is -1.29. The molecular weight excluding hydrogens is 416 g/mol. The van der Waals surface area contributed by atoms with Gasteiger partial charge in [-0.05, 0) is 51.7 Å². The molecule has 23 heavy (non-hydrogen) atoms. The van der Waals surface area contributed by atoms with E-state index in [1.165, 1.54) is 0 Å². The molecule has 0 bridgehead atoms. The zero-order valence-electron chi connectivity index (χ0n) is 12.2. The molecule has 1 N–H and O–H groups in total. The van der Waals surface area contributed by atoms with Crippen LogP contribution < -0.4 is 0 Å². The molecule has 0 aromatic carbocycles. The van der Waals surface area contributed by atoms with E-state index in [-0.39, 0.29) is 12.5 Å². The van der Waals surface area contributed by atoms with E-state index in [9.17, 15) is 4.79 Å². The van der Waals surface area contributed by atoms with Gasteiger partial charge in [0.1, 0.15) is 6.54 Å². The molecule has 5 nitrogen and oxygen atoms in total. The number of aromatic nitrogens is 3. The third-order valence-corrected chi connectivity index (χ3v) is 6.03. The summed E-state index contributed by atoms with van der Waals surface area (Å²) in [5.41, 5.74) is 0. The minimum Gasteiger partial charge on any atom is -0.339 e. The molecular formula is C14H13BrN4OS3. The second kappa shape index (κ2) is 7.08. The lowest BCUT2D eigenvalue weighted by Gasteiger charge is -2.17. The van der Waals surface area contributed by atoms with E-state index in [4.69, 9.17) is 12.2 Å². The SMILES string of the molecule is CN(Cc1ccc(Br)s1)C(=O)Cn1c(-c2cccs2)n[nH]c1=S.